The smallest absolute Gasteiger partial charge is 0.0162 e. The lowest BCUT2D eigenvalue weighted by molar-refractivity contribution is -0.268. The monoisotopic (exact) mass is 133 g/mol. The van der Waals surface area contributed by atoms with E-state index in [1.807, 2.05) is 12.1 Å². The van der Waals surface area contributed by atoms with Crippen LogP contribution < -0.4 is 5.11 Å². The van der Waals surface area contributed by atoms with E-state index in [4.69, 9.17) is 0 Å². The molecule has 1 fully saturated rings. The molecule has 1 aromatic rings. The molecule has 1 saturated carbocycles. The molecule has 0 bridgehead atoms. The van der Waals surface area contributed by atoms with E-state index in [1.165, 1.54) is 18.4 Å². The van der Waals surface area contributed by atoms with Crippen molar-refractivity contribution in [2.45, 2.75) is 18.8 Å². The van der Waals surface area contributed by atoms with Crippen LogP contribution in [0.15, 0.2) is 24.3 Å². The third kappa shape index (κ3) is 0.991. The molecular formula is C9H9O-. The van der Waals surface area contributed by atoms with Crippen LogP contribution in [0.2, 0.25) is 0 Å². The molecule has 0 heterocycles. The Balaban J connectivity index is 2.28. The van der Waals surface area contributed by atoms with Crippen molar-refractivity contribution in [3.8, 4) is 5.75 Å². The van der Waals surface area contributed by atoms with E-state index in [0.29, 0.717) is 0 Å². The third-order valence-corrected chi connectivity index (χ3v) is 1.93. The van der Waals surface area contributed by atoms with E-state index in [0.717, 1.165) is 5.92 Å². The van der Waals surface area contributed by atoms with Gasteiger partial charge >= 0.3 is 0 Å². The van der Waals surface area contributed by atoms with Gasteiger partial charge in [0.15, 0.2) is 0 Å². The Kier molecular flexibility index (Phi) is 1.16. The first-order valence-electron chi connectivity index (χ1n) is 3.63. The molecule has 1 nitrogen and oxygen atoms in total. The molecular weight excluding hydrogens is 124 g/mol. The van der Waals surface area contributed by atoms with Crippen LogP contribution in [0.4, 0.5) is 0 Å². The van der Waals surface area contributed by atoms with E-state index < -0.39 is 0 Å². The first-order valence-corrected chi connectivity index (χ1v) is 3.63. The molecule has 1 heteroatoms. The molecule has 2 rings (SSSR count). The van der Waals surface area contributed by atoms with Gasteiger partial charge in [-0.15, -0.1) is 5.75 Å². The predicted molar refractivity (Wildman–Crippen MR) is 37.9 cm³/mol. The standard InChI is InChI=1S/C9H10O/c10-9-5-3-8(4-6-9)7-1-2-7/h3-7,10H,1-2H2/p-1. The van der Waals surface area contributed by atoms with Crippen molar-refractivity contribution in [3.63, 3.8) is 0 Å². The highest BCUT2D eigenvalue weighted by molar-refractivity contribution is 5.29. The molecule has 0 aliphatic heterocycles. The van der Waals surface area contributed by atoms with Crippen LogP contribution in [-0.2, 0) is 0 Å². The van der Waals surface area contributed by atoms with Gasteiger partial charge in [0, 0.05) is 0 Å². The van der Waals surface area contributed by atoms with Crippen molar-refractivity contribution >= 4 is 0 Å². The molecule has 0 N–H and O–H groups in total. The Morgan fingerprint density at radius 2 is 1.70 bits per heavy atom. The lowest BCUT2D eigenvalue weighted by Crippen LogP contribution is -1.88. The fourth-order valence-corrected chi connectivity index (χ4v) is 1.16. The second-order valence-corrected chi connectivity index (χ2v) is 2.84. The fourth-order valence-electron chi connectivity index (χ4n) is 1.16. The Labute approximate surface area is 60.3 Å². The van der Waals surface area contributed by atoms with Crippen molar-refractivity contribution in [2.75, 3.05) is 0 Å². The molecule has 52 valence electrons. The van der Waals surface area contributed by atoms with Gasteiger partial charge in [-0.3, -0.25) is 0 Å². The van der Waals surface area contributed by atoms with Crippen LogP contribution in [0.5, 0.6) is 5.75 Å². The van der Waals surface area contributed by atoms with Gasteiger partial charge in [0.2, 0.25) is 0 Å². The lowest BCUT2D eigenvalue weighted by Gasteiger charge is -2.04. The summed E-state index contributed by atoms with van der Waals surface area (Å²) in [5.74, 6) is 0.880. The van der Waals surface area contributed by atoms with Gasteiger partial charge in [0.1, 0.15) is 0 Å². The molecule has 0 saturated heterocycles. The Hall–Kier alpha value is -0.980. The van der Waals surface area contributed by atoms with Crippen LogP contribution in [0, 0.1) is 0 Å². The van der Waals surface area contributed by atoms with Crippen molar-refractivity contribution in [1.82, 2.24) is 0 Å². The molecule has 0 unspecified atom stereocenters. The average molecular weight is 133 g/mol. The van der Waals surface area contributed by atoms with Crippen molar-refractivity contribution in [3.05, 3.63) is 29.8 Å². The zero-order valence-corrected chi connectivity index (χ0v) is 5.71. The molecule has 1 aromatic carbocycles. The quantitative estimate of drug-likeness (QED) is 0.571. The highest BCUT2D eigenvalue weighted by Gasteiger charge is 2.22. The molecule has 0 spiro atoms. The Morgan fingerprint density at radius 1 is 1.10 bits per heavy atom. The minimum atomic E-state index is 0.115. The van der Waals surface area contributed by atoms with E-state index >= 15 is 0 Å². The number of hydrogen-bond donors (Lipinski definition) is 0. The van der Waals surface area contributed by atoms with Crippen LogP contribution in [0.3, 0.4) is 0 Å². The normalized spacial score (nSPS) is 17.2. The topological polar surface area (TPSA) is 23.1 Å². The highest BCUT2D eigenvalue weighted by Crippen LogP contribution is 2.40. The van der Waals surface area contributed by atoms with Crippen molar-refractivity contribution in [1.29, 1.82) is 0 Å². The lowest BCUT2D eigenvalue weighted by atomic mass is 10.1. The summed E-state index contributed by atoms with van der Waals surface area (Å²) >= 11 is 0. The Morgan fingerprint density at radius 3 is 2.20 bits per heavy atom. The summed E-state index contributed by atoms with van der Waals surface area (Å²) in [4.78, 5) is 0. The first kappa shape index (κ1) is 5.78. The van der Waals surface area contributed by atoms with Crippen molar-refractivity contribution in [2.24, 2.45) is 0 Å². The first-order chi connectivity index (χ1) is 4.86. The SMILES string of the molecule is [O-]c1ccc(C2CC2)cc1. The van der Waals surface area contributed by atoms with Crippen LogP contribution in [0.25, 0.3) is 0 Å². The maximum atomic E-state index is 10.7. The van der Waals surface area contributed by atoms with E-state index in [-0.39, 0.29) is 5.75 Å². The van der Waals surface area contributed by atoms with Gasteiger partial charge in [0.05, 0.1) is 0 Å². The second-order valence-electron chi connectivity index (χ2n) is 2.84. The minimum absolute atomic E-state index is 0.115. The number of benzene rings is 1. The molecule has 0 radical (unpaired) electrons. The summed E-state index contributed by atoms with van der Waals surface area (Å²) in [5.41, 5.74) is 1.33. The summed E-state index contributed by atoms with van der Waals surface area (Å²) < 4.78 is 0. The molecule has 1 aliphatic rings. The molecule has 10 heavy (non-hydrogen) atoms. The molecule has 1 aliphatic carbocycles. The number of rotatable bonds is 1. The maximum absolute atomic E-state index is 10.7. The average Bonchev–Trinajstić information content (AvgIpc) is 2.71. The maximum Gasteiger partial charge on any atom is -0.0162 e. The predicted octanol–water partition coefficient (Wildman–Crippen LogP) is 1.64. The Bertz CT molecular complexity index is 221. The zero-order chi connectivity index (χ0) is 6.97. The van der Waals surface area contributed by atoms with Gasteiger partial charge in [-0.25, -0.2) is 0 Å². The molecule has 0 amide bonds. The van der Waals surface area contributed by atoms with E-state index in [1.54, 1.807) is 12.1 Å². The van der Waals surface area contributed by atoms with Crippen molar-refractivity contribution < 1.29 is 5.11 Å². The highest BCUT2D eigenvalue weighted by atomic mass is 16.3. The molecule has 0 aromatic heterocycles. The zero-order valence-electron chi connectivity index (χ0n) is 5.71. The third-order valence-electron chi connectivity index (χ3n) is 1.93. The summed E-state index contributed by atoms with van der Waals surface area (Å²) in [6, 6.07) is 7.18. The largest absolute Gasteiger partial charge is 0.872 e. The summed E-state index contributed by atoms with van der Waals surface area (Å²) in [5, 5.41) is 10.7. The van der Waals surface area contributed by atoms with Gasteiger partial charge in [-0.2, -0.15) is 0 Å². The van der Waals surface area contributed by atoms with E-state index in [9.17, 15) is 5.11 Å². The van der Waals surface area contributed by atoms with Gasteiger partial charge in [-0.1, -0.05) is 24.3 Å². The van der Waals surface area contributed by atoms with E-state index in [2.05, 4.69) is 0 Å². The fraction of sp³-hybridized carbons (Fsp3) is 0.333. The molecule has 0 atom stereocenters. The second kappa shape index (κ2) is 2.01. The van der Waals surface area contributed by atoms with Crippen LogP contribution >= 0.6 is 0 Å². The number of hydrogen-bond acceptors (Lipinski definition) is 1. The van der Waals surface area contributed by atoms with Crippen LogP contribution in [0.1, 0.15) is 24.3 Å². The summed E-state index contributed by atoms with van der Waals surface area (Å²) in [7, 11) is 0. The van der Waals surface area contributed by atoms with Gasteiger partial charge < -0.3 is 5.11 Å². The van der Waals surface area contributed by atoms with Gasteiger partial charge in [0.25, 0.3) is 0 Å². The summed E-state index contributed by atoms with van der Waals surface area (Å²) in [6.07, 6.45) is 2.61. The van der Waals surface area contributed by atoms with Gasteiger partial charge in [-0.05, 0) is 24.3 Å². The van der Waals surface area contributed by atoms with Crippen LogP contribution in [-0.4, -0.2) is 0 Å². The summed E-state index contributed by atoms with van der Waals surface area (Å²) in [6.45, 7) is 0. The minimum Gasteiger partial charge on any atom is -0.872 e.